The van der Waals surface area contributed by atoms with Gasteiger partial charge in [-0.25, -0.2) is 13.6 Å². The summed E-state index contributed by atoms with van der Waals surface area (Å²) in [6.45, 7) is 3.44. The standard InChI is InChI=1S/C13H15F2NO3/c1-2-3-12(17)11(16-13(18)19)6-8-4-9(14)7-10(15)5-8/h2,4-5,7,11-12,16-17H,1,3,6H2,(H,18,19)/t11-,12-/m0/s1. The van der Waals surface area contributed by atoms with Crippen LogP contribution in [0.1, 0.15) is 12.0 Å². The molecule has 0 aliphatic heterocycles. The first-order valence-corrected chi connectivity index (χ1v) is 5.65. The number of nitrogens with one attached hydrogen (secondary N) is 1. The first kappa shape index (κ1) is 15.1. The average Bonchev–Trinajstić information content (AvgIpc) is 2.26. The van der Waals surface area contributed by atoms with Crippen molar-refractivity contribution in [3.05, 3.63) is 48.1 Å². The fourth-order valence-corrected chi connectivity index (χ4v) is 1.76. The van der Waals surface area contributed by atoms with Crippen molar-refractivity contribution in [3.8, 4) is 0 Å². The largest absolute Gasteiger partial charge is 0.465 e. The number of halogens is 2. The van der Waals surface area contributed by atoms with E-state index in [9.17, 15) is 18.7 Å². The van der Waals surface area contributed by atoms with Crippen LogP contribution in [0.2, 0.25) is 0 Å². The quantitative estimate of drug-likeness (QED) is 0.694. The summed E-state index contributed by atoms with van der Waals surface area (Å²) in [6.07, 6.45) is -0.739. The maximum Gasteiger partial charge on any atom is 0.404 e. The predicted molar refractivity (Wildman–Crippen MR) is 65.8 cm³/mol. The number of aliphatic hydroxyl groups excluding tert-OH is 1. The van der Waals surface area contributed by atoms with E-state index in [1.165, 1.54) is 6.08 Å². The lowest BCUT2D eigenvalue weighted by molar-refractivity contribution is 0.121. The Morgan fingerprint density at radius 2 is 1.95 bits per heavy atom. The molecular formula is C13H15F2NO3. The smallest absolute Gasteiger partial charge is 0.404 e. The highest BCUT2D eigenvalue weighted by molar-refractivity contribution is 5.65. The Morgan fingerprint density at radius 3 is 2.42 bits per heavy atom. The van der Waals surface area contributed by atoms with Gasteiger partial charge >= 0.3 is 6.09 Å². The van der Waals surface area contributed by atoms with E-state index < -0.39 is 29.9 Å². The van der Waals surface area contributed by atoms with Crippen molar-refractivity contribution in [2.75, 3.05) is 0 Å². The highest BCUT2D eigenvalue weighted by Crippen LogP contribution is 2.13. The van der Waals surface area contributed by atoms with E-state index in [0.29, 0.717) is 0 Å². The molecule has 2 atom stereocenters. The van der Waals surface area contributed by atoms with Crippen LogP contribution in [0.3, 0.4) is 0 Å². The molecule has 0 aliphatic rings. The first-order valence-electron chi connectivity index (χ1n) is 5.65. The minimum absolute atomic E-state index is 0.0179. The molecule has 4 nitrogen and oxygen atoms in total. The summed E-state index contributed by atoms with van der Waals surface area (Å²) >= 11 is 0. The lowest BCUT2D eigenvalue weighted by atomic mass is 9.99. The van der Waals surface area contributed by atoms with Gasteiger partial charge in [0, 0.05) is 6.07 Å². The van der Waals surface area contributed by atoms with E-state index in [1.54, 1.807) is 0 Å². The minimum Gasteiger partial charge on any atom is -0.465 e. The fourth-order valence-electron chi connectivity index (χ4n) is 1.76. The van der Waals surface area contributed by atoms with Crippen LogP contribution in [0.4, 0.5) is 13.6 Å². The summed E-state index contributed by atoms with van der Waals surface area (Å²) < 4.78 is 26.1. The number of hydrogen-bond acceptors (Lipinski definition) is 2. The monoisotopic (exact) mass is 271 g/mol. The molecule has 0 fully saturated rings. The Kier molecular flexibility index (Phi) is 5.44. The molecule has 6 heteroatoms. The summed E-state index contributed by atoms with van der Waals surface area (Å²) in [5.74, 6) is -1.50. The van der Waals surface area contributed by atoms with Gasteiger partial charge in [0.05, 0.1) is 12.1 Å². The number of aliphatic hydroxyl groups is 1. The SMILES string of the molecule is C=CC[C@H](O)[C@H](Cc1cc(F)cc(F)c1)NC(=O)O. The normalized spacial score (nSPS) is 13.6. The van der Waals surface area contributed by atoms with Gasteiger partial charge in [-0.2, -0.15) is 0 Å². The zero-order valence-corrected chi connectivity index (χ0v) is 10.1. The van der Waals surface area contributed by atoms with Crippen LogP contribution >= 0.6 is 0 Å². The fraction of sp³-hybridized carbons (Fsp3) is 0.308. The van der Waals surface area contributed by atoms with Crippen molar-refractivity contribution in [1.29, 1.82) is 0 Å². The molecular weight excluding hydrogens is 256 g/mol. The highest BCUT2D eigenvalue weighted by Gasteiger charge is 2.21. The van der Waals surface area contributed by atoms with E-state index in [0.717, 1.165) is 18.2 Å². The third-order valence-electron chi connectivity index (χ3n) is 2.56. The van der Waals surface area contributed by atoms with Crippen LogP contribution in [0.25, 0.3) is 0 Å². The van der Waals surface area contributed by atoms with Gasteiger partial charge < -0.3 is 15.5 Å². The van der Waals surface area contributed by atoms with Crippen molar-refractivity contribution < 1.29 is 23.8 Å². The number of benzene rings is 1. The van der Waals surface area contributed by atoms with E-state index in [2.05, 4.69) is 11.9 Å². The average molecular weight is 271 g/mol. The zero-order chi connectivity index (χ0) is 14.4. The molecule has 1 amide bonds. The van der Waals surface area contributed by atoms with Gasteiger partial charge in [0.2, 0.25) is 0 Å². The molecule has 0 radical (unpaired) electrons. The third kappa shape index (κ3) is 5.05. The molecule has 1 aromatic carbocycles. The number of amides is 1. The van der Waals surface area contributed by atoms with Crippen molar-refractivity contribution in [1.82, 2.24) is 5.32 Å². The summed E-state index contributed by atoms with van der Waals surface area (Å²) in [5.41, 5.74) is 0.263. The van der Waals surface area contributed by atoms with E-state index in [1.807, 2.05) is 0 Å². The summed E-state index contributed by atoms with van der Waals surface area (Å²) in [5, 5.41) is 20.6. The van der Waals surface area contributed by atoms with E-state index in [4.69, 9.17) is 5.11 Å². The Labute approximate surface area is 109 Å². The van der Waals surface area contributed by atoms with Crippen molar-refractivity contribution >= 4 is 6.09 Å². The van der Waals surface area contributed by atoms with Crippen LogP contribution < -0.4 is 5.32 Å². The molecule has 19 heavy (non-hydrogen) atoms. The Hall–Kier alpha value is -1.95. The molecule has 0 aliphatic carbocycles. The highest BCUT2D eigenvalue weighted by atomic mass is 19.1. The van der Waals surface area contributed by atoms with E-state index in [-0.39, 0.29) is 18.4 Å². The second kappa shape index (κ2) is 6.84. The predicted octanol–water partition coefficient (Wildman–Crippen LogP) is 2.08. The first-order chi connectivity index (χ1) is 8.92. The number of hydrogen-bond donors (Lipinski definition) is 3. The van der Waals surface area contributed by atoms with Crippen molar-refractivity contribution in [3.63, 3.8) is 0 Å². The van der Waals surface area contributed by atoms with Gasteiger partial charge in [-0.05, 0) is 30.5 Å². The Balaban J connectivity index is 2.86. The Bertz CT molecular complexity index is 445. The lowest BCUT2D eigenvalue weighted by Gasteiger charge is -2.22. The van der Waals surface area contributed by atoms with Crippen LogP contribution in [0, 0.1) is 11.6 Å². The van der Waals surface area contributed by atoms with Gasteiger partial charge in [0.1, 0.15) is 11.6 Å². The van der Waals surface area contributed by atoms with Crippen LogP contribution in [-0.2, 0) is 6.42 Å². The maximum atomic E-state index is 13.0. The summed E-state index contributed by atoms with van der Waals surface area (Å²) in [6, 6.07) is 2.06. The molecule has 0 aromatic heterocycles. The summed E-state index contributed by atoms with van der Waals surface area (Å²) in [4.78, 5) is 10.6. The second-order valence-electron chi connectivity index (χ2n) is 4.13. The molecule has 0 bridgehead atoms. The minimum atomic E-state index is -1.31. The van der Waals surface area contributed by atoms with Gasteiger partial charge in [0.15, 0.2) is 0 Å². The number of rotatable bonds is 6. The topological polar surface area (TPSA) is 69.6 Å². The lowest BCUT2D eigenvalue weighted by Crippen LogP contribution is -2.44. The van der Waals surface area contributed by atoms with Crippen LogP contribution in [-0.4, -0.2) is 28.5 Å². The molecule has 1 aromatic rings. The summed E-state index contributed by atoms with van der Waals surface area (Å²) in [7, 11) is 0. The zero-order valence-electron chi connectivity index (χ0n) is 10.1. The molecule has 0 spiro atoms. The van der Waals surface area contributed by atoms with Gasteiger partial charge in [-0.1, -0.05) is 6.08 Å². The molecule has 0 saturated heterocycles. The van der Waals surface area contributed by atoms with Gasteiger partial charge in [-0.15, -0.1) is 6.58 Å². The van der Waals surface area contributed by atoms with Gasteiger partial charge in [-0.3, -0.25) is 0 Å². The molecule has 0 heterocycles. The van der Waals surface area contributed by atoms with Gasteiger partial charge in [0.25, 0.3) is 0 Å². The van der Waals surface area contributed by atoms with Crippen LogP contribution in [0.15, 0.2) is 30.9 Å². The molecule has 1 rings (SSSR count). The molecule has 0 unspecified atom stereocenters. The van der Waals surface area contributed by atoms with Crippen molar-refractivity contribution in [2.24, 2.45) is 0 Å². The van der Waals surface area contributed by atoms with Crippen LogP contribution in [0.5, 0.6) is 0 Å². The maximum absolute atomic E-state index is 13.0. The third-order valence-corrected chi connectivity index (χ3v) is 2.56. The molecule has 104 valence electrons. The molecule has 0 saturated carbocycles. The van der Waals surface area contributed by atoms with E-state index >= 15 is 0 Å². The number of carbonyl (C=O) groups is 1. The second-order valence-corrected chi connectivity index (χ2v) is 4.13. The number of carboxylic acid groups (broad SMARTS) is 1. The van der Waals surface area contributed by atoms with Crippen molar-refractivity contribution in [2.45, 2.75) is 25.0 Å². The Morgan fingerprint density at radius 1 is 1.37 bits per heavy atom. The molecule has 3 N–H and O–H groups in total.